The van der Waals surface area contributed by atoms with E-state index in [0.717, 1.165) is 16.8 Å². The van der Waals surface area contributed by atoms with E-state index in [2.05, 4.69) is 21.3 Å². The highest BCUT2D eigenvalue weighted by atomic mass is 16.2. The summed E-state index contributed by atoms with van der Waals surface area (Å²) < 4.78 is 0. The molecular weight excluding hydrogens is 428 g/mol. The van der Waals surface area contributed by atoms with Crippen molar-refractivity contribution in [2.45, 2.75) is 13.8 Å². The summed E-state index contributed by atoms with van der Waals surface area (Å²) in [7, 11) is 0. The van der Waals surface area contributed by atoms with Gasteiger partial charge in [0.1, 0.15) is 6.07 Å². The van der Waals surface area contributed by atoms with Gasteiger partial charge in [-0.3, -0.25) is 14.6 Å². The van der Waals surface area contributed by atoms with Crippen LogP contribution in [0.1, 0.15) is 28.4 Å². The van der Waals surface area contributed by atoms with Gasteiger partial charge in [-0.25, -0.2) is 0 Å². The molecule has 0 radical (unpaired) electrons. The number of nitrogens with zero attached hydrogens (tertiary/aromatic N) is 4. The summed E-state index contributed by atoms with van der Waals surface area (Å²) in [5.41, 5.74) is 10.9. The van der Waals surface area contributed by atoms with Gasteiger partial charge in [-0.15, -0.1) is 0 Å². The van der Waals surface area contributed by atoms with Crippen molar-refractivity contribution in [3.63, 3.8) is 0 Å². The van der Waals surface area contributed by atoms with Crippen molar-refractivity contribution in [3.05, 3.63) is 71.4 Å². The number of aromatic nitrogens is 1. The van der Waals surface area contributed by atoms with Crippen LogP contribution in [0.15, 0.2) is 54.7 Å². The van der Waals surface area contributed by atoms with Crippen molar-refractivity contribution in [1.29, 1.82) is 5.26 Å². The van der Waals surface area contributed by atoms with E-state index in [4.69, 9.17) is 5.73 Å². The summed E-state index contributed by atoms with van der Waals surface area (Å²) >= 11 is 0. The zero-order valence-electron chi connectivity index (χ0n) is 19.2. The van der Waals surface area contributed by atoms with E-state index in [-0.39, 0.29) is 11.8 Å². The van der Waals surface area contributed by atoms with Crippen LogP contribution in [0.25, 0.3) is 11.3 Å². The molecule has 2 aromatic carbocycles. The Morgan fingerprint density at radius 1 is 1.09 bits per heavy atom. The molecule has 0 unspecified atom stereocenters. The molecule has 0 atom stereocenters. The van der Waals surface area contributed by atoms with E-state index >= 15 is 0 Å². The Hall–Kier alpha value is -4.38. The first-order valence-corrected chi connectivity index (χ1v) is 11.0. The summed E-state index contributed by atoms with van der Waals surface area (Å²) in [4.78, 5) is 32.9. The van der Waals surface area contributed by atoms with Crippen LogP contribution >= 0.6 is 0 Å². The number of amides is 2. The molecule has 172 valence electrons. The smallest absolute Gasteiger partial charge is 0.255 e. The molecular formula is C26H26N6O2. The number of para-hydroxylation sites is 2. The SMILES string of the molecule is CC(=O)N1CCN(c2cnc(-c3ccc(C(=O)Nc4ccccc4N)c(C)c3)c(C#N)c2)CC1. The summed E-state index contributed by atoms with van der Waals surface area (Å²) in [6.45, 7) is 6.11. The van der Waals surface area contributed by atoms with Gasteiger partial charge in [0.2, 0.25) is 5.91 Å². The van der Waals surface area contributed by atoms with Crippen LogP contribution in [0.4, 0.5) is 17.1 Å². The van der Waals surface area contributed by atoms with Crippen LogP contribution in [0, 0.1) is 18.3 Å². The Bertz CT molecular complexity index is 1290. The zero-order chi connectivity index (χ0) is 24.2. The molecule has 0 bridgehead atoms. The van der Waals surface area contributed by atoms with Crippen molar-refractivity contribution in [1.82, 2.24) is 9.88 Å². The molecule has 0 aliphatic carbocycles. The van der Waals surface area contributed by atoms with Crippen LogP contribution in [0.2, 0.25) is 0 Å². The standard InChI is InChI=1S/C26H26N6O2/c1-17-13-19(7-8-22(17)26(34)30-24-6-4-3-5-23(24)28)25-20(15-27)14-21(16-29-25)32-11-9-31(10-12-32)18(2)33/h3-8,13-14,16H,9-12,28H2,1-2H3,(H,30,34). The third kappa shape index (κ3) is 4.69. The second-order valence-corrected chi connectivity index (χ2v) is 8.27. The molecule has 4 rings (SSSR count). The molecule has 8 heteroatoms. The van der Waals surface area contributed by atoms with Gasteiger partial charge in [0.15, 0.2) is 0 Å². The lowest BCUT2D eigenvalue weighted by Gasteiger charge is -2.35. The van der Waals surface area contributed by atoms with Gasteiger partial charge >= 0.3 is 0 Å². The van der Waals surface area contributed by atoms with Crippen LogP contribution in [-0.4, -0.2) is 47.9 Å². The maximum atomic E-state index is 12.8. The molecule has 1 aromatic heterocycles. The van der Waals surface area contributed by atoms with Crippen molar-refractivity contribution in [2.75, 3.05) is 42.1 Å². The molecule has 34 heavy (non-hydrogen) atoms. The average Bonchev–Trinajstić information content (AvgIpc) is 2.85. The monoisotopic (exact) mass is 454 g/mol. The van der Waals surface area contributed by atoms with Gasteiger partial charge in [0.25, 0.3) is 5.91 Å². The molecule has 2 amide bonds. The number of carbonyl (C=O) groups excluding carboxylic acids is 2. The first kappa shape index (κ1) is 22.8. The molecule has 1 saturated heterocycles. The minimum Gasteiger partial charge on any atom is -0.397 e. The average molecular weight is 455 g/mol. The third-order valence-electron chi connectivity index (χ3n) is 6.04. The van der Waals surface area contributed by atoms with Crippen molar-refractivity contribution in [2.24, 2.45) is 0 Å². The van der Waals surface area contributed by atoms with Crippen LogP contribution in [0.3, 0.4) is 0 Å². The Morgan fingerprint density at radius 3 is 2.47 bits per heavy atom. The normalized spacial score (nSPS) is 13.3. The van der Waals surface area contributed by atoms with Gasteiger partial charge in [-0.05, 0) is 42.8 Å². The van der Waals surface area contributed by atoms with Gasteiger partial charge < -0.3 is 20.9 Å². The third-order valence-corrected chi connectivity index (χ3v) is 6.04. The first-order valence-electron chi connectivity index (χ1n) is 11.0. The molecule has 0 saturated carbocycles. The molecule has 0 spiro atoms. The number of rotatable bonds is 4. The number of anilines is 3. The maximum Gasteiger partial charge on any atom is 0.255 e. The number of hydrogen-bond donors (Lipinski definition) is 2. The number of piperazine rings is 1. The molecule has 1 aliphatic heterocycles. The highest BCUT2D eigenvalue weighted by Gasteiger charge is 2.20. The Morgan fingerprint density at radius 2 is 1.82 bits per heavy atom. The number of nitrogen functional groups attached to an aromatic ring is 1. The van der Waals surface area contributed by atoms with E-state index in [1.807, 2.05) is 36.1 Å². The number of nitrogens with two attached hydrogens (primary N) is 1. The quantitative estimate of drug-likeness (QED) is 0.584. The Balaban J connectivity index is 1.54. The number of benzene rings is 2. The van der Waals surface area contributed by atoms with Crippen LogP contribution < -0.4 is 16.0 Å². The predicted molar refractivity (Wildman–Crippen MR) is 132 cm³/mol. The number of hydrogen-bond acceptors (Lipinski definition) is 6. The lowest BCUT2D eigenvalue weighted by atomic mass is 9.99. The number of aryl methyl sites for hydroxylation is 1. The molecule has 8 nitrogen and oxygen atoms in total. The predicted octanol–water partition coefficient (Wildman–Crippen LogP) is 3.43. The Labute approximate surface area is 198 Å². The van der Waals surface area contributed by atoms with Gasteiger partial charge in [-0.2, -0.15) is 5.26 Å². The highest BCUT2D eigenvalue weighted by Crippen LogP contribution is 2.28. The summed E-state index contributed by atoms with van der Waals surface area (Å²) in [5, 5.41) is 12.6. The number of nitrogens with one attached hydrogen (secondary N) is 1. The van der Waals surface area contributed by atoms with Crippen molar-refractivity contribution < 1.29 is 9.59 Å². The number of carbonyl (C=O) groups is 2. The topological polar surface area (TPSA) is 115 Å². The van der Waals surface area contributed by atoms with Gasteiger partial charge in [-0.1, -0.05) is 18.2 Å². The number of nitriles is 1. The largest absolute Gasteiger partial charge is 0.397 e. The first-order chi connectivity index (χ1) is 16.4. The molecule has 1 fully saturated rings. The molecule has 3 aromatic rings. The van der Waals surface area contributed by atoms with E-state index in [1.54, 1.807) is 37.4 Å². The summed E-state index contributed by atoms with van der Waals surface area (Å²) in [6, 6.07) is 16.6. The highest BCUT2D eigenvalue weighted by molar-refractivity contribution is 6.06. The van der Waals surface area contributed by atoms with Crippen LogP contribution in [-0.2, 0) is 4.79 Å². The molecule has 1 aliphatic rings. The van der Waals surface area contributed by atoms with E-state index in [0.29, 0.717) is 54.4 Å². The van der Waals surface area contributed by atoms with Crippen molar-refractivity contribution >= 4 is 28.9 Å². The fourth-order valence-electron chi connectivity index (χ4n) is 4.09. The molecule has 3 N–H and O–H groups in total. The fourth-order valence-corrected chi connectivity index (χ4v) is 4.09. The van der Waals surface area contributed by atoms with Crippen molar-refractivity contribution in [3.8, 4) is 17.3 Å². The second kappa shape index (κ2) is 9.63. The zero-order valence-corrected chi connectivity index (χ0v) is 19.2. The maximum absolute atomic E-state index is 12.8. The van der Waals surface area contributed by atoms with E-state index in [1.165, 1.54) is 0 Å². The molecule has 2 heterocycles. The lowest BCUT2D eigenvalue weighted by Crippen LogP contribution is -2.48. The Kier molecular flexibility index (Phi) is 6.46. The second-order valence-electron chi connectivity index (χ2n) is 8.27. The van der Waals surface area contributed by atoms with Gasteiger partial charge in [0.05, 0.1) is 34.5 Å². The lowest BCUT2D eigenvalue weighted by molar-refractivity contribution is -0.129. The number of pyridine rings is 1. The van der Waals surface area contributed by atoms with E-state index < -0.39 is 0 Å². The summed E-state index contributed by atoms with van der Waals surface area (Å²) in [5.74, 6) is -0.180. The van der Waals surface area contributed by atoms with Crippen LogP contribution in [0.5, 0.6) is 0 Å². The van der Waals surface area contributed by atoms with Gasteiger partial charge in [0, 0.05) is 44.2 Å². The summed E-state index contributed by atoms with van der Waals surface area (Å²) in [6.07, 6.45) is 1.76. The minimum absolute atomic E-state index is 0.0746. The minimum atomic E-state index is -0.254. The fraction of sp³-hybridized carbons (Fsp3) is 0.231. The van der Waals surface area contributed by atoms with E-state index in [9.17, 15) is 14.9 Å².